The third-order valence-corrected chi connectivity index (χ3v) is 4.58. The normalized spacial score (nSPS) is 15.8. The molecule has 0 saturated heterocycles. The molecule has 1 unspecified atom stereocenters. The summed E-state index contributed by atoms with van der Waals surface area (Å²) >= 11 is 0. The minimum Gasteiger partial charge on any atom is -0.492 e. The first-order valence-corrected chi connectivity index (χ1v) is 8.79. The van der Waals surface area contributed by atoms with Crippen molar-refractivity contribution in [3.8, 4) is 5.75 Å². The summed E-state index contributed by atoms with van der Waals surface area (Å²) in [5.41, 5.74) is 3.09. The summed E-state index contributed by atoms with van der Waals surface area (Å²) in [6.45, 7) is 2.94. The Morgan fingerprint density at radius 2 is 1.96 bits per heavy atom. The molecule has 1 aliphatic rings. The molecule has 1 aliphatic heterocycles. The van der Waals surface area contributed by atoms with Crippen LogP contribution in [0.25, 0.3) is 0 Å². The van der Waals surface area contributed by atoms with Gasteiger partial charge in [-0.25, -0.2) is 4.68 Å². The average Bonchev–Trinajstić information content (AvgIpc) is 3.01. The number of carbonyl (C=O) groups is 1. The molecule has 0 aliphatic carbocycles. The van der Waals surface area contributed by atoms with Crippen molar-refractivity contribution in [3.05, 3.63) is 77.5 Å². The Morgan fingerprint density at radius 3 is 2.81 bits per heavy atom. The van der Waals surface area contributed by atoms with Crippen molar-refractivity contribution in [1.82, 2.24) is 9.78 Å². The SMILES string of the molecule is Cc1cc(NC(=O)C2COc3ccccc3C2)n(Cc2ccccc2)n1. The second kappa shape index (κ2) is 7.04. The monoisotopic (exact) mass is 347 g/mol. The van der Waals surface area contributed by atoms with Crippen LogP contribution in [0.5, 0.6) is 5.75 Å². The highest BCUT2D eigenvalue weighted by molar-refractivity contribution is 5.92. The molecule has 1 aromatic heterocycles. The van der Waals surface area contributed by atoms with E-state index < -0.39 is 0 Å². The van der Waals surface area contributed by atoms with Crippen molar-refractivity contribution < 1.29 is 9.53 Å². The minimum absolute atomic E-state index is 0.0336. The topological polar surface area (TPSA) is 56.1 Å². The number of aromatic nitrogens is 2. The van der Waals surface area contributed by atoms with E-state index in [-0.39, 0.29) is 11.8 Å². The number of benzene rings is 2. The van der Waals surface area contributed by atoms with Gasteiger partial charge in [0, 0.05) is 6.07 Å². The summed E-state index contributed by atoms with van der Waals surface area (Å²) in [5, 5.41) is 7.54. The standard InChI is InChI=1S/C21H21N3O2/c1-15-11-20(24(23-15)13-16-7-3-2-4-8-16)22-21(25)18-12-17-9-5-6-10-19(17)26-14-18/h2-11,18H,12-14H2,1H3,(H,22,25). The van der Waals surface area contributed by atoms with Gasteiger partial charge in [-0.05, 0) is 30.5 Å². The zero-order valence-electron chi connectivity index (χ0n) is 14.7. The Labute approximate surface area is 152 Å². The molecular formula is C21H21N3O2. The fourth-order valence-corrected chi connectivity index (χ4v) is 3.25. The lowest BCUT2D eigenvalue weighted by molar-refractivity contribution is -0.121. The molecule has 2 heterocycles. The van der Waals surface area contributed by atoms with Crippen LogP contribution in [0.1, 0.15) is 16.8 Å². The van der Waals surface area contributed by atoms with Crippen LogP contribution < -0.4 is 10.1 Å². The maximum atomic E-state index is 12.8. The molecule has 1 amide bonds. The Morgan fingerprint density at radius 1 is 1.19 bits per heavy atom. The number of amides is 1. The van der Waals surface area contributed by atoms with Gasteiger partial charge >= 0.3 is 0 Å². The fraction of sp³-hybridized carbons (Fsp3) is 0.238. The predicted molar refractivity (Wildman–Crippen MR) is 100 cm³/mol. The quantitative estimate of drug-likeness (QED) is 0.787. The zero-order valence-corrected chi connectivity index (χ0v) is 14.7. The number of aryl methyl sites for hydroxylation is 1. The number of hydrogen-bond donors (Lipinski definition) is 1. The number of hydrogen-bond acceptors (Lipinski definition) is 3. The van der Waals surface area contributed by atoms with E-state index >= 15 is 0 Å². The van der Waals surface area contributed by atoms with Gasteiger partial charge in [0.05, 0.1) is 18.2 Å². The van der Waals surface area contributed by atoms with E-state index in [4.69, 9.17) is 4.74 Å². The molecule has 3 aromatic rings. The van der Waals surface area contributed by atoms with Crippen LogP contribution in [-0.2, 0) is 17.8 Å². The second-order valence-corrected chi connectivity index (χ2v) is 6.62. The van der Waals surface area contributed by atoms with Crippen LogP contribution in [0, 0.1) is 12.8 Å². The van der Waals surface area contributed by atoms with E-state index in [1.54, 1.807) is 0 Å². The molecule has 0 spiro atoms. The largest absolute Gasteiger partial charge is 0.492 e. The molecule has 0 bridgehead atoms. The lowest BCUT2D eigenvalue weighted by Gasteiger charge is -2.24. The van der Waals surface area contributed by atoms with Crippen molar-refractivity contribution in [2.24, 2.45) is 5.92 Å². The van der Waals surface area contributed by atoms with Crippen molar-refractivity contribution in [1.29, 1.82) is 0 Å². The fourth-order valence-electron chi connectivity index (χ4n) is 3.25. The number of ether oxygens (including phenoxy) is 1. The van der Waals surface area contributed by atoms with E-state index in [0.29, 0.717) is 19.6 Å². The lowest BCUT2D eigenvalue weighted by atomic mass is 9.96. The highest BCUT2D eigenvalue weighted by Gasteiger charge is 2.26. The molecule has 26 heavy (non-hydrogen) atoms. The average molecular weight is 347 g/mol. The second-order valence-electron chi connectivity index (χ2n) is 6.62. The molecule has 5 nitrogen and oxygen atoms in total. The predicted octanol–water partition coefficient (Wildman–Crippen LogP) is 3.43. The number of fused-ring (bicyclic) bond motifs is 1. The summed E-state index contributed by atoms with van der Waals surface area (Å²) in [6.07, 6.45) is 0.688. The molecule has 0 fully saturated rings. The summed E-state index contributed by atoms with van der Waals surface area (Å²) in [4.78, 5) is 12.8. The number of anilines is 1. The number of nitrogens with zero attached hydrogens (tertiary/aromatic N) is 2. The lowest BCUT2D eigenvalue weighted by Crippen LogP contribution is -2.33. The van der Waals surface area contributed by atoms with Gasteiger partial charge in [0.1, 0.15) is 18.2 Å². The third kappa shape index (κ3) is 3.47. The first-order chi connectivity index (χ1) is 12.7. The Bertz CT molecular complexity index is 918. The molecule has 2 aromatic carbocycles. The Balaban J connectivity index is 1.48. The maximum absolute atomic E-state index is 12.8. The van der Waals surface area contributed by atoms with Gasteiger partial charge in [-0.1, -0.05) is 48.5 Å². The Kier molecular flexibility index (Phi) is 4.44. The van der Waals surface area contributed by atoms with Crippen LogP contribution in [0.3, 0.4) is 0 Å². The van der Waals surface area contributed by atoms with Crippen molar-refractivity contribution in [2.75, 3.05) is 11.9 Å². The smallest absolute Gasteiger partial charge is 0.232 e. The van der Waals surface area contributed by atoms with Crippen LogP contribution >= 0.6 is 0 Å². The molecule has 4 rings (SSSR count). The molecule has 5 heteroatoms. The van der Waals surface area contributed by atoms with Gasteiger partial charge in [-0.15, -0.1) is 0 Å². The van der Waals surface area contributed by atoms with Gasteiger partial charge in [0.2, 0.25) is 5.91 Å². The molecular weight excluding hydrogens is 326 g/mol. The first-order valence-electron chi connectivity index (χ1n) is 8.79. The summed E-state index contributed by atoms with van der Waals surface area (Å²) < 4.78 is 7.58. The molecule has 1 atom stereocenters. The van der Waals surface area contributed by atoms with Gasteiger partial charge in [0.25, 0.3) is 0 Å². The highest BCUT2D eigenvalue weighted by Crippen LogP contribution is 2.27. The number of rotatable bonds is 4. The summed E-state index contributed by atoms with van der Waals surface area (Å²) in [6, 6.07) is 19.9. The Hall–Kier alpha value is -3.08. The van der Waals surface area contributed by atoms with Gasteiger partial charge in [-0.2, -0.15) is 5.10 Å². The summed E-state index contributed by atoms with van der Waals surface area (Å²) in [7, 11) is 0. The van der Waals surface area contributed by atoms with E-state index in [0.717, 1.165) is 28.4 Å². The first kappa shape index (κ1) is 16.4. The van der Waals surface area contributed by atoms with Crippen LogP contribution in [0.2, 0.25) is 0 Å². The van der Waals surface area contributed by atoms with E-state index in [2.05, 4.69) is 22.5 Å². The van der Waals surface area contributed by atoms with E-state index in [9.17, 15) is 4.79 Å². The number of carbonyl (C=O) groups excluding carboxylic acids is 1. The third-order valence-electron chi connectivity index (χ3n) is 4.58. The zero-order chi connectivity index (χ0) is 17.9. The molecule has 132 valence electrons. The van der Waals surface area contributed by atoms with E-state index in [1.807, 2.05) is 60.1 Å². The minimum atomic E-state index is -0.203. The maximum Gasteiger partial charge on any atom is 0.232 e. The summed E-state index contributed by atoms with van der Waals surface area (Å²) in [5.74, 6) is 1.36. The molecule has 0 saturated carbocycles. The van der Waals surface area contributed by atoms with Crippen LogP contribution in [-0.4, -0.2) is 22.3 Å². The van der Waals surface area contributed by atoms with Crippen molar-refractivity contribution in [3.63, 3.8) is 0 Å². The van der Waals surface area contributed by atoms with Crippen LogP contribution in [0.4, 0.5) is 5.82 Å². The van der Waals surface area contributed by atoms with E-state index in [1.165, 1.54) is 0 Å². The van der Waals surface area contributed by atoms with Gasteiger partial charge < -0.3 is 10.1 Å². The van der Waals surface area contributed by atoms with Gasteiger partial charge in [-0.3, -0.25) is 4.79 Å². The highest BCUT2D eigenvalue weighted by atomic mass is 16.5. The van der Waals surface area contributed by atoms with Gasteiger partial charge in [0.15, 0.2) is 0 Å². The van der Waals surface area contributed by atoms with Crippen molar-refractivity contribution >= 4 is 11.7 Å². The number of nitrogens with one attached hydrogen (secondary N) is 1. The van der Waals surface area contributed by atoms with Crippen LogP contribution in [0.15, 0.2) is 60.7 Å². The van der Waals surface area contributed by atoms with Crippen molar-refractivity contribution in [2.45, 2.75) is 19.9 Å². The molecule has 0 radical (unpaired) electrons. The molecule has 1 N–H and O–H groups in total. The number of para-hydroxylation sites is 1.